The van der Waals surface area contributed by atoms with Crippen LogP contribution in [0.1, 0.15) is 99.0 Å². The second-order valence-electron chi connectivity index (χ2n) is 18.0. The van der Waals surface area contributed by atoms with Crippen molar-refractivity contribution in [1.29, 1.82) is 0 Å². The molecule has 0 aromatic heterocycles. The van der Waals surface area contributed by atoms with E-state index in [9.17, 15) is 57.8 Å². The van der Waals surface area contributed by atoms with E-state index in [2.05, 4.69) is 37.2 Å². The maximum Gasteiger partial charge on any atom is 0.326 e. The van der Waals surface area contributed by atoms with Crippen LogP contribution in [0.25, 0.3) is 0 Å². The number of nitrogens with zero attached hydrogens (tertiary/aromatic N) is 1. The van der Waals surface area contributed by atoms with E-state index >= 15 is 0 Å². The zero-order chi connectivity index (χ0) is 51.4. The summed E-state index contributed by atoms with van der Waals surface area (Å²) in [5.74, 6) is -10.8. The predicted octanol–water partition coefficient (Wildman–Crippen LogP) is -1.83. The van der Waals surface area contributed by atoms with Crippen LogP contribution in [0.4, 0.5) is 0 Å². The molecule has 1 saturated heterocycles. The van der Waals surface area contributed by atoms with Crippen molar-refractivity contribution >= 4 is 65.1 Å². The number of carbonyl (C=O) groups excluding carboxylic acids is 9. The molecule has 2 rings (SSSR count). The molecular weight excluding hydrogens is 889 g/mol. The van der Waals surface area contributed by atoms with E-state index in [4.69, 9.17) is 16.6 Å². The number of carboxylic acids is 2. The molecule has 1 fully saturated rings. The van der Waals surface area contributed by atoms with Gasteiger partial charge in [-0.3, -0.25) is 47.9 Å². The van der Waals surface area contributed by atoms with Crippen LogP contribution < -0.4 is 48.7 Å². The van der Waals surface area contributed by atoms with Gasteiger partial charge in [-0.2, -0.15) is 0 Å². The van der Waals surface area contributed by atoms with Crippen molar-refractivity contribution in [3.05, 3.63) is 35.9 Å². The number of hydrogen-bond acceptors (Lipinski definition) is 12. The Bertz CT molecular complexity index is 1970. The molecule has 0 spiro atoms. The van der Waals surface area contributed by atoms with Crippen LogP contribution in [0.5, 0.6) is 0 Å². The highest BCUT2D eigenvalue weighted by atomic mass is 16.4. The summed E-state index contributed by atoms with van der Waals surface area (Å²) in [7, 11) is 0. The Morgan fingerprint density at radius 2 is 1.28 bits per heavy atom. The summed E-state index contributed by atoms with van der Waals surface area (Å²) in [5.41, 5.74) is 11.7. The molecule has 378 valence electrons. The molecule has 23 nitrogen and oxygen atoms in total. The third-order valence-electron chi connectivity index (χ3n) is 11.2. The number of benzene rings is 1. The molecule has 9 atom stereocenters. The third kappa shape index (κ3) is 19.3. The largest absolute Gasteiger partial charge is 0.481 e. The summed E-state index contributed by atoms with van der Waals surface area (Å²) in [6.07, 6.45) is -0.177. The Kier molecular flexibility index (Phi) is 23.5. The summed E-state index contributed by atoms with van der Waals surface area (Å²) in [6, 6.07) is -1.66. The Balaban J connectivity index is 2.26. The number of amides is 9. The second kappa shape index (κ2) is 27.9. The minimum absolute atomic E-state index is 0.0340. The van der Waals surface area contributed by atoms with Crippen molar-refractivity contribution in [2.24, 2.45) is 29.2 Å². The molecule has 0 radical (unpaired) electrons. The summed E-state index contributed by atoms with van der Waals surface area (Å²) >= 11 is 0. The smallest absolute Gasteiger partial charge is 0.326 e. The molecule has 1 aliphatic heterocycles. The van der Waals surface area contributed by atoms with Crippen molar-refractivity contribution in [1.82, 2.24) is 42.1 Å². The van der Waals surface area contributed by atoms with Gasteiger partial charge in [0.15, 0.2) is 0 Å². The van der Waals surface area contributed by atoms with Gasteiger partial charge < -0.3 is 63.8 Å². The predicted molar refractivity (Wildman–Crippen MR) is 245 cm³/mol. The number of aliphatic carboxylic acids is 2. The number of nitrogens with two attached hydrogens (primary N) is 2. The van der Waals surface area contributed by atoms with Gasteiger partial charge in [0, 0.05) is 13.0 Å². The molecule has 9 amide bonds. The molecule has 1 aromatic rings. The number of hydrogen-bond donors (Lipinski definition) is 11. The minimum Gasteiger partial charge on any atom is -0.481 e. The topological polar surface area (TPSA) is 368 Å². The summed E-state index contributed by atoms with van der Waals surface area (Å²) in [5, 5.41) is 36.0. The van der Waals surface area contributed by atoms with Crippen molar-refractivity contribution < 1.29 is 63.0 Å². The fourth-order valence-corrected chi connectivity index (χ4v) is 7.34. The fraction of sp³-hybridized carbons (Fsp3) is 0.622. The molecule has 0 aliphatic carbocycles. The first-order chi connectivity index (χ1) is 31.8. The Morgan fingerprint density at radius 1 is 0.691 bits per heavy atom. The van der Waals surface area contributed by atoms with E-state index in [1.807, 2.05) is 13.8 Å². The van der Waals surface area contributed by atoms with Crippen LogP contribution in [0.2, 0.25) is 0 Å². The zero-order valence-electron chi connectivity index (χ0n) is 39.8. The molecule has 1 aliphatic rings. The molecule has 13 N–H and O–H groups in total. The van der Waals surface area contributed by atoms with Crippen LogP contribution in [0.15, 0.2) is 30.3 Å². The first kappa shape index (κ1) is 57.5. The van der Waals surface area contributed by atoms with Crippen molar-refractivity contribution in [2.75, 3.05) is 13.1 Å². The molecule has 23 heteroatoms. The van der Waals surface area contributed by atoms with Gasteiger partial charge in [-0.05, 0) is 55.9 Å². The van der Waals surface area contributed by atoms with Crippen molar-refractivity contribution in [3.63, 3.8) is 0 Å². The summed E-state index contributed by atoms with van der Waals surface area (Å²) < 4.78 is 0. The lowest BCUT2D eigenvalue weighted by atomic mass is 9.97. The number of likely N-dealkylation sites (tertiary alicyclic amines) is 1. The monoisotopic (exact) mass is 959 g/mol. The van der Waals surface area contributed by atoms with E-state index in [1.54, 1.807) is 58.0 Å². The average Bonchev–Trinajstić information content (AvgIpc) is 3.76. The second-order valence-corrected chi connectivity index (χ2v) is 18.0. The van der Waals surface area contributed by atoms with Gasteiger partial charge in [0.2, 0.25) is 53.2 Å². The Morgan fingerprint density at radius 3 is 1.84 bits per heavy atom. The number of rotatable bonds is 28. The van der Waals surface area contributed by atoms with Gasteiger partial charge in [-0.1, -0.05) is 78.3 Å². The molecule has 0 bridgehead atoms. The number of carbonyl (C=O) groups is 11. The van der Waals surface area contributed by atoms with Crippen LogP contribution >= 0.6 is 0 Å². The van der Waals surface area contributed by atoms with E-state index in [0.29, 0.717) is 18.4 Å². The van der Waals surface area contributed by atoms with Crippen LogP contribution in [0, 0.1) is 17.8 Å². The SMILES string of the molecule is CC[C@H](C)[C@H](NC(=O)[C@@H](N)CC(=O)O)C(=O)N[C@@H](CC(N)=O)C(=O)NCC(=O)N[C@@H](Cc1ccccc1)C(=O)N[C@@H](CC(C)C)C(=O)N1CCC[C@H]1C(=O)N[C@@H](C)C(=O)N[C@@H](CC(C)C)C(=O)O. The summed E-state index contributed by atoms with van der Waals surface area (Å²) in [4.78, 5) is 144. The van der Waals surface area contributed by atoms with Gasteiger partial charge in [0.1, 0.15) is 42.3 Å². The maximum atomic E-state index is 14.2. The number of nitrogens with one attached hydrogen (secondary N) is 7. The number of primary amides is 1. The van der Waals surface area contributed by atoms with E-state index in [1.165, 1.54) is 11.8 Å². The highest BCUT2D eigenvalue weighted by Crippen LogP contribution is 2.21. The van der Waals surface area contributed by atoms with Crippen molar-refractivity contribution in [3.8, 4) is 0 Å². The third-order valence-corrected chi connectivity index (χ3v) is 11.2. The number of carboxylic acid groups (broad SMARTS) is 2. The van der Waals surface area contributed by atoms with Crippen LogP contribution in [-0.4, -0.2) is 142 Å². The van der Waals surface area contributed by atoms with Crippen LogP contribution in [-0.2, 0) is 59.2 Å². The molecule has 68 heavy (non-hydrogen) atoms. The minimum atomic E-state index is -1.63. The van der Waals surface area contributed by atoms with Gasteiger partial charge in [-0.15, -0.1) is 0 Å². The quantitative estimate of drug-likeness (QED) is 0.0440. The Labute approximate surface area is 395 Å². The average molecular weight is 959 g/mol. The van der Waals surface area contributed by atoms with Crippen molar-refractivity contribution in [2.45, 2.75) is 148 Å². The molecular formula is C45H70N10O13. The standard InChI is InChI=1S/C45H70N10O13/c1-8-25(6)37(54-39(61)28(46)20-36(58)59)43(65)51-30(21-34(47)56)40(62)48-22-35(57)50-29(19-27-13-10-9-11-14-27)41(63)52-31(17-23(2)3)44(66)55-16-12-15-33(55)42(64)49-26(7)38(60)53-32(45(67)68)18-24(4)5/h9-11,13-14,23-26,28-33,37H,8,12,15-22,46H2,1-7H3,(H2,47,56)(H,48,62)(H,49,64)(H,50,57)(H,51,65)(H,52,63)(H,53,60)(H,54,61)(H,58,59)(H,67,68)/t25-,26-,28-,29-,30-,31-,32-,33-,37-/m0/s1. The van der Waals surface area contributed by atoms with Gasteiger partial charge >= 0.3 is 11.9 Å². The van der Waals surface area contributed by atoms with E-state index in [0.717, 1.165) is 0 Å². The lowest BCUT2D eigenvalue weighted by Gasteiger charge is -2.31. The zero-order valence-corrected chi connectivity index (χ0v) is 39.8. The van der Waals surface area contributed by atoms with Gasteiger partial charge in [0.25, 0.3) is 0 Å². The lowest BCUT2D eigenvalue weighted by Crippen LogP contribution is -2.59. The first-order valence-electron chi connectivity index (χ1n) is 22.8. The van der Waals surface area contributed by atoms with Crippen LogP contribution in [0.3, 0.4) is 0 Å². The molecule has 1 heterocycles. The van der Waals surface area contributed by atoms with E-state index < -0.39 is 139 Å². The maximum absolute atomic E-state index is 14.2. The highest BCUT2D eigenvalue weighted by molar-refractivity contribution is 5.98. The van der Waals surface area contributed by atoms with Gasteiger partial charge in [-0.25, -0.2) is 4.79 Å². The highest BCUT2D eigenvalue weighted by Gasteiger charge is 2.40. The molecule has 0 saturated carbocycles. The lowest BCUT2D eigenvalue weighted by molar-refractivity contribution is -0.144. The fourth-order valence-electron chi connectivity index (χ4n) is 7.34. The molecule has 0 unspecified atom stereocenters. The molecule has 1 aromatic carbocycles. The van der Waals surface area contributed by atoms with E-state index in [-0.39, 0.29) is 44.1 Å². The van der Waals surface area contributed by atoms with Gasteiger partial charge in [0.05, 0.1) is 25.4 Å². The first-order valence-corrected chi connectivity index (χ1v) is 22.8. The Hall–Kier alpha value is -6.65. The normalized spacial score (nSPS) is 16.9. The summed E-state index contributed by atoms with van der Waals surface area (Å²) in [6.45, 7) is 11.4.